The van der Waals surface area contributed by atoms with E-state index in [1.165, 1.54) is 15.8 Å². The van der Waals surface area contributed by atoms with Crippen LogP contribution in [0, 0.1) is 0 Å². The predicted octanol–water partition coefficient (Wildman–Crippen LogP) is 0.552. The van der Waals surface area contributed by atoms with Crippen LogP contribution < -0.4 is 4.90 Å². The highest BCUT2D eigenvalue weighted by Crippen LogP contribution is 2.28. The van der Waals surface area contributed by atoms with E-state index in [0.717, 1.165) is 0 Å². The van der Waals surface area contributed by atoms with E-state index < -0.39 is 5.97 Å². The number of rotatable bonds is 5. The van der Waals surface area contributed by atoms with Crippen LogP contribution in [0.1, 0.15) is 23.7 Å². The highest BCUT2D eigenvalue weighted by atomic mass is 79.9. The molecule has 20 heavy (non-hydrogen) atoms. The molecule has 0 bridgehead atoms. The first-order chi connectivity index (χ1) is 9.58. The first-order valence-corrected chi connectivity index (χ1v) is 7.28. The summed E-state index contributed by atoms with van der Waals surface area (Å²) in [5.74, 6) is -0.209. The fourth-order valence-corrected chi connectivity index (χ4v) is 2.71. The second-order valence-electron chi connectivity index (χ2n) is 4.35. The van der Waals surface area contributed by atoms with E-state index in [2.05, 4.69) is 21.0 Å². The molecule has 1 amide bonds. The molecule has 2 rings (SSSR count). The molecule has 1 N–H and O–H groups in total. The van der Waals surface area contributed by atoms with Crippen LogP contribution in [0.2, 0.25) is 0 Å². The Balaban J connectivity index is 2.39. The van der Waals surface area contributed by atoms with Gasteiger partial charge in [0.15, 0.2) is 0 Å². The number of aliphatic hydroxyl groups is 1. The fourth-order valence-electron chi connectivity index (χ4n) is 2.14. The third-order valence-electron chi connectivity index (χ3n) is 2.95. The Morgan fingerprint density at radius 1 is 1.65 bits per heavy atom. The van der Waals surface area contributed by atoms with Crippen molar-refractivity contribution in [3.63, 3.8) is 0 Å². The van der Waals surface area contributed by atoms with Gasteiger partial charge in [-0.15, -0.1) is 0 Å². The molecule has 1 aliphatic heterocycles. The summed E-state index contributed by atoms with van der Waals surface area (Å²) in [5.41, 5.74) is 0.246. The van der Waals surface area contributed by atoms with Crippen molar-refractivity contribution in [3.05, 3.63) is 11.8 Å². The van der Waals surface area contributed by atoms with Crippen LogP contribution in [-0.2, 0) is 16.1 Å². The lowest BCUT2D eigenvalue weighted by Gasteiger charge is -2.18. The number of amides is 1. The molecule has 7 nitrogen and oxygen atoms in total. The number of aromatic nitrogens is 2. The highest BCUT2D eigenvalue weighted by Gasteiger charge is 2.34. The van der Waals surface area contributed by atoms with Crippen LogP contribution in [0.5, 0.6) is 0 Å². The van der Waals surface area contributed by atoms with E-state index in [4.69, 9.17) is 9.84 Å². The molecule has 8 heteroatoms. The van der Waals surface area contributed by atoms with Crippen molar-refractivity contribution in [1.82, 2.24) is 9.78 Å². The number of halogens is 1. The summed E-state index contributed by atoms with van der Waals surface area (Å²) in [5, 5.41) is 13.1. The van der Waals surface area contributed by atoms with E-state index in [9.17, 15) is 9.59 Å². The molecule has 1 aliphatic rings. The molecular formula is C12H16BrN3O4. The van der Waals surface area contributed by atoms with Crippen LogP contribution in [-0.4, -0.2) is 51.3 Å². The van der Waals surface area contributed by atoms with Crippen LogP contribution in [0.15, 0.2) is 6.20 Å². The maximum atomic E-state index is 12.0. The third kappa shape index (κ3) is 2.85. The smallest absolute Gasteiger partial charge is 0.343 e. The van der Waals surface area contributed by atoms with Gasteiger partial charge in [-0.1, -0.05) is 15.9 Å². The molecule has 1 unspecified atom stereocenters. The zero-order valence-electron chi connectivity index (χ0n) is 11.1. The highest BCUT2D eigenvalue weighted by molar-refractivity contribution is 9.09. The number of aliphatic hydroxyl groups excluding tert-OH is 1. The van der Waals surface area contributed by atoms with E-state index in [1.54, 1.807) is 6.92 Å². The number of alkyl halides is 1. The molecular weight excluding hydrogens is 330 g/mol. The quantitative estimate of drug-likeness (QED) is 0.622. The lowest BCUT2D eigenvalue weighted by Crippen LogP contribution is -2.29. The minimum absolute atomic E-state index is 0.0440. The molecule has 1 aromatic rings. The van der Waals surface area contributed by atoms with Crippen molar-refractivity contribution in [1.29, 1.82) is 0 Å². The van der Waals surface area contributed by atoms with Crippen LogP contribution in [0.4, 0.5) is 5.82 Å². The molecule has 1 saturated heterocycles. The number of hydrogen-bond donors (Lipinski definition) is 1. The first kappa shape index (κ1) is 15.0. The number of carbonyl (C=O) groups excluding carboxylic acids is 2. The second kappa shape index (κ2) is 6.36. The number of anilines is 1. The average Bonchev–Trinajstić information content (AvgIpc) is 2.93. The van der Waals surface area contributed by atoms with Crippen molar-refractivity contribution < 1.29 is 19.4 Å². The van der Waals surface area contributed by atoms with Crippen LogP contribution >= 0.6 is 15.9 Å². The maximum Gasteiger partial charge on any atom is 0.343 e. The summed E-state index contributed by atoms with van der Waals surface area (Å²) in [6, 6.07) is 0. The second-order valence-corrected chi connectivity index (χ2v) is 5.65. The minimum Gasteiger partial charge on any atom is -0.462 e. The monoisotopic (exact) mass is 345 g/mol. The molecule has 0 saturated carbocycles. The summed E-state index contributed by atoms with van der Waals surface area (Å²) in [6.45, 7) is 2.51. The van der Waals surface area contributed by atoms with Crippen molar-refractivity contribution in [2.24, 2.45) is 0 Å². The van der Waals surface area contributed by atoms with Crippen molar-refractivity contribution in [3.8, 4) is 0 Å². The standard InChI is InChI=1S/C12H16BrN3O4/c1-2-20-12(19)9-6-14-16(3-4-17)11(9)15-7-8(13)5-10(15)18/h6,8,17H,2-5,7H2,1H3. The van der Waals surface area contributed by atoms with Gasteiger partial charge in [0.05, 0.1) is 26.0 Å². The third-order valence-corrected chi connectivity index (χ3v) is 3.57. The number of ether oxygens (including phenoxy) is 1. The van der Waals surface area contributed by atoms with Gasteiger partial charge in [-0.25, -0.2) is 9.48 Å². The topological polar surface area (TPSA) is 84.7 Å². The van der Waals surface area contributed by atoms with Crippen molar-refractivity contribution >= 4 is 33.6 Å². The summed E-state index contributed by atoms with van der Waals surface area (Å²) in [4.78, 5) is 25.5. The summed E-state index contributed by atoms with van der Waals surface area (Å²) in [6.07, 6.45) is 1.74. The van der Waals surface area contributed by atoms with Crippen molar-refractivity contribution in [2.75, 3.05) is 24.7 Å². The lowest BCUT2D eigenvalue weighted by molar-refractivity contribution is -0.117. The number of hydrogen-bond acceptors (Lipinski definition) is 5. The fraction of sp³-hybridized carbons (Fsp3) is 0.583. The lowest BCUT2D eigenvalue weighted by atomic mass is 10.3. The number of nitrogens with zero attached hydrogens (tertiary/aromatic N) is 3. The molecule has 2 heterocycles. The molecule has 0 aromatic carbocycles. The molecule has 1 aromatic heterocycles. The molecule has 0 spiro atoms. The van der Waals surface area contributed by atoms with Gasteiger partial charge in [-0.2, -0.15) is 5.10 Å². The van der Waals surface area contributed by atoms with Gasteiger partial charge >= 0.3 is 5.97 Å². The van der Waals surface area contributed by atoms with Gasteiger partial charge < -0.3 is 9.84 Å². The zero-order chi connectivity index (χ0) is 14.7. The van der Waals surface area contributed by atoms with Gasteiger partial charge in [-0.05, 0) is 6.92 Å². The van der Waals surface area contributed by atoms with Crippen LogP contribution in [0.25, 0.3) is 0 Å². The molecule has 1 atom stereocenters. The van der Waals surface area contributed by atoms with E-state index in [-0.39, 0.29) is 36.1 Å². The molecule has 0 radical (unpaired) electrons. The average molecular weight is 346 g/mol. The first-order valence-electron chi connectivity index (χ1n) is 6.36. The largest absolute Gasteiger partial charge is 0.462 e. The van der Waals surface area contributed by atoms with E-state index in [1.807, 2.05) is 0 Å². The molecule has 110 valence electrons. The Morgan fingerprint density at radius 2 is 2.40 bits per heavy atom. The number of esters is 1. The Bertz CT molecular complexity index is 517. The van der Waals surface area contributed by atoms with Gasteiger partial charge in [-0.3, -0.25) is 9.69 Å². The Hall–Kier alpha value is -1.41. The maximum absolute atomic E-state index is 12.0. The van der Waals surface area contributed by atoms with Gasteiger partial charge in [0.1, 0.15) is 11.4 Å². The van der Waals surface area contributed by atoms with Gasteiger partial charge in [0.2, 0.25) is 5.91 Å². The Morgan fingerprint density at radius 3 is 2.95 bits per heavy atom. The Labute approximate surface area is 124 Å². The molecule has 1 fully saturated rings. The van der Waals surface area contributed by atoms with Crippen molar-refractivity contribution in [2.45, 2.75) is 24.7 Å². The minimum atomic E-state index is -0.516. The SMILES string of the molecule is CCOC(=O)c1cnn(CCO)c1N1CC(Br)CC1=O. The van der Waals surface area contributed by atoms with E-state index >= 15 is 0 Å². The summed E-state index contributed by atoms with van der Waals surface area (Å²) < 4.78 is 6.43. The van der Waals surface area contributed by atoms with Gasteiger partial charge in [0, 0.05) is 17.8 Å². The zero-order valence-corrected chi connectivity index (χ0v) is 12.7. The van der Waals surface area contributed by atoms with Gasteiger partial charge in [0.25, 0.3) is 0 Å². The van der Waals surface area contributed by atoms with Crippen LogP contribution in [0.3, 0.4) is 0 Å². The predicted molar refractivity (Wildman–Crippen MR) is 75.0 cm³/mol. The van der Waals surface area contributed by atoms with E-state index in [0.29, 0.717) is 18.8 Å². The normalized spacial score (nSPS) is 18.6. The number of carbonyl (C=O) groups is 2. The summed E-state index contributed by atoms with van der Waals surface area (Å²) in [7, 11) is 0. The Kier molecular flexibility index (Phi) is 4.77. The molecule has 0 aliphatic carbocycles. The summed E-state index contributed by atoms with van der Waals surface area (Å²) >= 11 is 3.40.